The highest BCUT2D eigenvalue weighted by atomic mass is 32.1. The zero-order chi connectivity index (χ0) is 20.6. The summed E-state index contributed by atoms with van der Waals surface area (Å²) in [6.45, 7) is 5.29. The molecule has 29 heavy (non-hydrogen) atoms. The predicted octanol–water partition coefficient (Wildman–Crippen LogP) is 4.19. The molecule has 0 bridgehead atoms. The number of carbonyl (C=O) groups excluding carboxylic acids is 1. The Kier molecular flexibility index (Phi) is 7.24. The molecule has 154 valence electrons. The molecule has 3 aromatic rings. The number of rotatable bonds is 10. The van der Waals surface area contributed by atoms with Gasteiger partial charge in [0.2, 0.25) is 17.6 Å². The number of nitrogens with zero attached hydrogens (tertiary/aromatic N) is 3. The van der Waals surface area contributed by atoms with E-state index >= 15 is 0 Å². The van der Waals surface area contributed by atoms with Crippen molar-refractivity contribution < 1.29 is 18.8 Å². The first kappa shape index (κ1) is 20.9. The largest absolute Gasteiger partial charge is 0.490 e. The zero-order valence-electron chi connectivity index (χ0n) is 16.9. The van der Waals surface area contributed by atoms with Crippen LogP contribution in [0.1, 0.15) is 31.7 Å². The molecule has 8 heteroatoms. The van der Waals surface area contributed by atoms with Crippen LogP contribution >= 0.6 is 11.3 Å². The Balaban J connectivity index is 1.55. The Hall–Kier alpha value is -2.87. The summed E-state index contributed by atoms with van der Waals surface area (Å²) in [6.07, 6.45) is 0.988. The molecule has 0 N–H and O–H groups in total. The molecule has 0 saturated heterocycles. The Labute approximate surface area is 174 Å². The van der Waals surface area contributed by atoms with Crippen molar-refractivity contribution in [2.75, 3.05) is 20.3 Å². The molecule has 7 nitrogen and oxygen atoms in total. The van der Waals surface area contributed by atoms with Crippen LogP contribution in [-0.2, 0) is 17.8 Å². The van der Waals surface area contributed by atoms with E-state index < -0.39 is 0 Å². The van der Waals surface area contributed by atoms with Gasteiger partial charge in [-0.3, -0.25) is 4.79 Å². The number of benzene rings is 1. The van der Waals surface area contributed by atoms with Crippen LogP contribution in [0.25, 0.3) is 10.7 Å². The van der Waals surface area contributed by atoms with E-state index in [0.717, 1.165) is 16.2 Å². The normalized spacial score (nSPS) is 10.7. The Morgan fingerprint density at radius 3 is 2.69 bits per heavy atom. The average Bonchev–Trinajstić information content (AvgIpc) is 3.40. The third kappa shape index (κ3) is 5.57. The number of aryl methyl sites for hydroxylation is 1. The quantitative estimate of drug-likeness (QED) is 0.494. The average molecular weight is 416 g/mol. The van der Waals surface area contributed by atoms with E-state index in [9.17, 15) is 4.79 Å². The molecule has 0 fully saturated rings. The first-order chi connectivity index (χ1) is 14.1. The molecule has 1 amide bonds. The molecule has 1 aromatic carbocycles. The van der Waals surface area contributed by atoms with Gasteiger partial charge in [-0.25, -0.2) is 0 Å². The Morgan fingerprint density at radius 2 is 1.97 bits per heavy atom. The van der Waals surface area contributed by atoms with E-state index in [4.69, 9.17) is 14.0 Å². The summed E-state index contributed by atoms with van der Waals surface area (Å²) in [4.78, 5) is 19.4. The third-order valence-corrected chi connectivity index (χ3v) is 5.11. The van der Waals surface area contributed by atoms with Gasteiger partial charge in [-0.2, -0.15) is 4.98 Å². The van der Waals surface area contributed by atoms with Crippen LogP contribution in [0.15, 0.2) is 40.2 Å². The van der Waals surface area contributed by atoms with Gasteiger partial charge in [0, 0.05) is 13.5 Å². The second-order valence-electron chi connectivity index (χ2n) is 6.39. The van der Waals surface area contributed by atoms with Gasteiger partial charge in [-0.15, -0.1) is 11.3 Å². The number of ether oxygens (including phenoxy) is 2. The highest BCUT2D eigenvalue weighted by molar-refractivity contribution is 7.13. The number of hydrogen-bond acceptors (Lipinski definition) is 7. The van der Waals surface area contributed by atoms with E-state index in [1.165, 1.54) is 0 Å². The maximum absolute atomic E-state index is 12.5. The van der Waals surface area contributed by atoms with Crippen molar-refractivity contribution in [2.24, 2.45) is 0 Å². The lowest BCUT2D eigenvalue weighted by atomic mass is 10.1. The summed E-state index contributed by atoms with van der Waals surface area (Å²) < 4.78 is 16.5. The van der Waals surface area contributed by atoms with Crippen LogP contribution < -0.4 is 9.47 Å². The van der Waals surface area contributed by atoms with Gasteiger partial charge < -0.3 is 18.9 Å². The van der Waals surface area contributed by atoms with Crippen molar-refractivity contribution >= 4 is 17.2 Å². The van der Waals surface area contributed by atoms with Crippen molar-refractivity contribution in [3.63, 3.8) is 0 Å². The summed E-state index contributed by atoms with van der Waals surface area (Å²) in [7, 11) is 1.74. The van der Waals surface area contributed by atoms with E-state index in [1.54, 1.807) is 23.3 Å². The zero-order valence-corrected chi connectivity index (χ0v) is 17.7. The molecular formula is C21H25N3O4S. The first-order valence-corrected chi connectivity index (χ1v) is 10.5. The molecule has 0 spiro atoms. The second-order valence-corrected chi connectivity index (χ2v) is 7.33. The Morgan fingerprint density at radius 1 is 1.17 bits per heavy atom. The lowest BCUT2D eigenvalue weighted by molar-refractivity contribution is -0.130. The van der Waals surface area contributed by atoms with Crippen LogP contribution in [0.5, 0.6) is 11.5 Å². The van der Waals surface area contributed by atoms with E-state index in [2.05, 4.69) is 10.1 Å². The fourth-order valence-corrected chi connectivity index (χ4v) is 3.46. The van der Waals surface area contributed by atoms with Crippen LogP contribution in [0.2, 0.25) is 0 Å². The van der Waals surface area contributed by atoms with Crippen molar-refractivity contribution in [3.8, 4) is 22.2 Å². The molecule has 0 radical (unpaired) electrons. The molecule has 0 aliphatic carbocycles. The predicted molar refractivity (Wildman–Crippen MR) is 111 cm³/mol. The lowest BCUT2D eigenvalue weighted by Crippen LogP contribution is -2.26. The molecule has 3 rings (SSSR count). The monoisotopic (exact) mass is 415 g/mol. The van der Waals surface area contributed by atoms with Crippen LogP contribution in [-0.4, -0.2) is 41.2 Å². The smallest absolute Gasteiger partial charge is 0.246 e. The maximum atomic E-state index is 12.5. The van der Waals surface area contributed by atoms with Crippen molar-refractivity contribution in [3.05, 3.63) is 47.2 Å². The van der Waals surface area contributed by atoms with Crippen molar-refractivity contribution in [1.82, 2.24) is 15.0 Å². The van der Waals surface area contributed by atoms with Gasteiger partial charge >= 0.3 is 0 Å². The van der Waals surface area contributed by atoms with Crippen LogP contribution in [0.4, 0.5) is 0 Å². The first-order valence-electron chi connectivity index (χ1n) is 9.59. The second kappa shape index (κ2) is 10.1. The van der Waals surface area contributed by atoms with Gasteiger partial charge in [0.05, 0.1) is 24.6 Å². The van der Waals surface area contributed by atoms with Gasteiger partial charge in [0.25, 0.3) is 0 Å². The van der Waals surface area contributed by atoms with E-state index in [-0.39, 0.29) is 12.5 Å². The van der Waals surface area contributed by atoms with Gasteiger partial charge in [0.15, 0.2) is 11.5 Å². The van der Waals surface area contributed by atoms with E-state index in [0.29, 0.717) is 43.5 Å². The number of carbonyl (C=O) groups is 1. The van der Waals surface area contributed by atoms with Gasteiger partial charge in [-0.1, -0.05) is 17.3 Å². The summed E-state index contributed by atoms with van der Waals surface area (Å²) >= 11 is 1.54. The molecule has 0 saturated carbocycles. The highest BCUT2D eigenvalue weighted by Gasteiger charge is 2.15. The summed E-state index contributed by atoms with van der Waals surface area (Å²) in [5.74, 6) is 2.41. The van der Waals surface area contributed by atoms with Crippen LogP contribution in [0, 0.1) is 0 Å². The minimum Gasteiger partial charge on any atom is -0.490 e. The summed E-state index contributed by atoms with van der Waals surface area (Å²) in [5.41, 5.74) is 1.02. The molecule has 2 heterocycles. The SMILES string of the molecule is CCOc1ccc(CCC(=O)N(C)Cc2nc(-c3cccs3)no2)cc1OCC. The molecule has 0 aliphatic rings. The van der Waals surface area contributed by atoms with Gasteiger partial charge in [-0.05, 0) is 49.4 Å². The molecular weight excluding hydrogens is 390 g/mol. The third-order valence-electron chi connectivity index (χ3n) is 4.24. The lowest BCUT2D eigenvalue weighted by Gasteiger charge is -2.15. The van der Waals surface area contributed by atoms with E-state index in [1.807, 2.05) is 49.6 Å². The van der Waals surface area contributed by atoms with Gasteiger partial charge in [0.1, 0.15) is 0 Å². The van der Waals surface area contributed by atoms with Crippen LogP contribution in [0.3, 0.4) is 0 Å². The number of amides is 1. The highest BCUT2D eigenvalue weighted by Crippen LogP contribution is 2.29. The minimum atomic E-state index is 0.00715. The van der Waals surface area contributed by atoms with Crippen molar-refractivity contribution in [2.45, 2.75) is 33.2 Å². The summed E-state index contributed by atoms with van der Waals surface area (Å²) in [6, 6.07) is 9.66. The molecule has 0 atom stereocenters. The number of thiophene rings is 1. The van der Waals surface area contributed by atoms with Crippen molar-refractivity contribution in [1.29, 1.82) is 0 Å². The molecule has 0 aliphatic heterocycles. The Bertz CT molecular complexity index is 924. The number of hydrogen-bond donors (Lipinski definition) is 0. The number of aromatic nitrogens is 2. The fraction of sp³-hybridized carbons (Fsp3) is 0.381. The molecule has 2 aromatic heterocycles. The molecule has 0 unspecified atom stereocenters. The maximum Gasteiger partial charge on any atom is 0.246 e. The minimum absolute atomic E-state index is 0.00715. The topological polar surface area (TPSA) is 77.7 Å². The summed E-state index contributed by atoms with van der Waals surface area (Å²) in [5, 5.41) is 5.93. The standard InChI is InChI=1S/C21H25N3O4S/c1-4-26-16-10-8-15(13-17(16)27-5-2)9-11-20(25)24(3)14-19-22-21(23-28-19)18-7-6-12-29-18/h6-8,10,12-13H,4-5,9,11,14H2,1-3H3. The fourth-order valence-electron chi connectivity index (χ4n) is 2.81.